The molecule has 1 aromatic carbocycles. The quantitative estimate of drug-likeness (QED) is 0.610. The summed E-state index contributed by atoms with van der Waals surface area (Å²) in [4.78, 5) is 9.82. The van der Waals surface area contributed by atoms with Crippen LogP contribution in [0.15, 0.2) is 24.3 Å². The maximum absolute atomic E-state index is 12.3. The molecule has 2 nitrogen and oxygen atoms in total. The van der Waals surface area contributed by atoms with Gasteiger partial charge in [0.2, 0.25) is 0 Å². The van der Waals surface area contributed by atoms with E-state index in [2.05, 4.69) is 5.32 Å². The standard InChI is InChI=1S/C11H11F3NO/c12-11(13,14)10-5-1-3-9(7-10)4-2-6-15-8-16/h1,3,5,7H,2,4,6H2,(H,15,16). The smallest absolute Gasteiger partial charge is 0.348 e. The largest absolute Gasteiger partial charge is 0.416 e. The van der Waals surface area contributed by atoms with Crippen LogP contribution in [0.5, 0.6) is 0 Å². The van der Waals surface area contributed by atoms with Crippen LogP contribution in [0.1, 0.15) is 17.5 Å². The maximum Gasteiger partial charge on any atom is 0.416 e. The van der Waals surface area contributed by atoms with Gasteiger partial charge in [0.1, 0.15) is 0 Å². The molecule has 0 fully saturated rings. The zero-order valence-electron chi connectivity index (χ0n) is 8.47. The van der Waals surface area contributed by atoms with Gasteiger partial charge in [-0.2, -0.15) is 13.2 Å². The number of hydrogen-bond donors (Lipinski definition) is 1. The third-order valence-electron chi connectivity index (χ3n) is 2.09. The van der Waals surface area contributed by atoms with E-state index in [0.29, 0.717) is 24.9 Å². The molecule has 1 amide bonds. The van der Waals surface area contributed by atoms with Gasteiger partial charge in [0.05, 0.1) is 5.56 Å². The molecule has 0 spiro atoms. The van der Waals surface area contributed by atoms with Crippen LogP contribution >= 0.6 is 0 Å². The highest BCUT2D eigenvalue weighted by Gasteiger charge is 2.30. The zero-order chi connectivity index (χ0) is 12.0. The Kier molecular flexibility index (Phi) is 4.34. The highest BCUT2D eigenvalue weighted by Crippen LogP contribution is 2.29. The fourth-order valence-corrected chi connectivity index (χ4v) is 1.34. The first-order chi connectivity index (χ1) is 7.54. The van der Waals surface area contributed by atoms with Gasteiger partial charge in [-0.15, -0.1) is 0 Å². The van der Waals surface area contributed by atoms with Crippen LogP contribution in [0.2, 0.25) is 0 Å². The summed E-state index contributed by atoms with van der Waals surface area (Å²) < 4.78 is 37.0. The molecule has 87 valence electrons. The molecule has 0 saturated carbocycles. The van der Waals surface area contributed by atoms with Crippen molar-refractivity contribution >= 4 is 6.41 Å². The van der Waals surface area contributed by atoms with Crippen molar-refractivity contribution < 1.29 is 18.0 Å². The van der Waals surface area contributed by atoms with Crippen molar-refractivity contribution in [2.75, 3.05) is 6.54 Å². The Morgan fingerprint density at radius 2 is 2.06 bits per heavy atom. The van der Waals surface area contributed by atoms with Crippen LogP contribution in [-0.4, -0.2) is 13.0 Å². The van der Waals surface area contributed by atoms with Gasteiger partial charge >= 0.3 is 12.6 Å². The molecular formula is C11H11F3NO. The Morgan fingerprint density at radius 1 is 1.31 bits per heavy atom. The minimum Gasteiger partial charge on any atom is -0.348 e. The Balaban J connectivity index is 2.57. The summed E-state index contributed by atoms with van der Waals surface area (Å²) in [5, 5.41) is 2.34. The Bertz CT molecular complexity index is 349. The molecule has 0 atom stereocenters. The van der Waals surface area contributed by atoms with E-state index in [1.54, 1.807) is 6.07 Å². The summed E-state index contributed by atoms with van der Waals surface area (Å²) in [6.07, 6.45) is -1.70. The molecular weight excluding hydrogens is 219 g/mol. The van der Waals surface area contributed by atoms with Crippen molar-refractivity contribution in [2.45, 2.75) is 19.0 Å². The minimum atomic E-state index is -4.30. The molecule has 0 saturated heterocycles. The van der Waals surface area contributed by atoms with E-state index in [1.807, 2.05) is 0 Å². The van der Waals surface area contributed by atoms with Crippen LogP contribution in [0.3, 0.4) is 0 Å². The summed E-state index contributed by atoms with van der Waals surface area (Å²) in [6.45, 7) is 0.416. The molecule has 16 heavy (non-hydrogen) atoms. The van der Waals surface area contributed by atoms with Gasteiger partial charge in [0.25, 0.3) is 0 Å². The number of carbonyl (C=O) groups excluding carboxylic acids is 1. The van der Waals surface area contributed by atoms with Crippen molar-refractivity contribution in [3.8, 4) is 0 Å². The van der Waals surface area contributed by atoms with E-state index < -0.39 is 11.7 Å². The Hall–Kier alpha value is -1.52. The average molecular weight is 230 g/mol. The third kappa shape index (κ3) is 3.92. The normalized spacial score (nSPS) is 11.2. The number of hydrogen-bond acceptors (Lipinski definition) is 1. The lowest BCUT2D eigenvalue weighted by atomic mass is 10.1. The predicted molar refractivity (Wildman–Crippen MR) is 53.5 cm³/mol. The Labute approximate surface area is 91.5 Å². The second kappa shape index (κ2) is 5.53. The van der Waals surface area contributed by atoms with E-state index in [1.165, 1.54) is 12.5 Å². The summed E-state index contributed by atoms with van der Waals surface area (Å²) in [5.74, 6) is 0. The lowest BCUT2D eigenvalue weighted by Gasteiger charge is -2.08. The molecule has 0 aromatic heterocycles. The second-order valence-corrected chi connectivity index (χ2v) is 3.33. The molecule has 0 unspecified atom stereocenters. The van der Waals surface area contributed by atoms with E-state index in [-0.39, 0.29) is 0 Å². The van der Waals surface area contributed by atoms with Gasteiger partial charge in [0.15, 0.2) is 0 Å². The van der Waals surface area contributed by atoms with Crippen molar-refractivity contribution in [2.24, 2.45) is 0 Å². The first-order valence-corrected chi connectivity index (χ1v) is 4.80. The highest BCUT2D eigenvalue weighted by atomic mass is 19.4. The van der Waals surface area contributed by atoms with Crippen molar-refractivity contribution in [3.63, 3.8) is 0 Å². The molecule has 1 rings (SSSR count). The van der Waals surface area contributed by atoms with Crippen molar-refractivity contribution in [1.29, 1.82) is 0 Å². The van der Waals surface area contributed by atoms with Crippen LogP contribution in [-0.2, 0) is 17.4 Å². The molecule has 0 aliphatic rings. The molecule has 1 aromatic rings. The van der Waals surface area contributed by atoms with Crippen LogP contribution in [0, 0.1) is 0 Å². The van der Waals surface area contributed by atoms with Crippen molar-refractivity contribution in [3.05, 3.63) is 35.4 Å². The first kappa shape index (κ1) is 12.5. The average Bonchev–Trinajstić information content (AvgIpc) is 2.24. The summed E-state index contributed by atoms with van der Waals surface area (Å²) in [7, 11) is 0. The fraction of sp³-hybridized carbons (Fsp3) is 0.364. The van der Waals surface area contributed by atoms with E-state index in [0.717, 1.165) is 12.1 Å². The lowest BCUT2D eigenvalue weighted by molar-refractivity contribution is -0.137. The number of rotatable bonds is 5. The molecule has 1 radical (unpaired) electrons. The fourth-order valence-electron chi connectivity index (χ4n) is 1.34. The van der Waals surface area contributed by atoms with Gasteiger partial charge in [-0.1, -0.05) is 18.2 Å². The zero-order valence-corrected chi connectivity index (χ0v) is 8.47. The van der Waals surface area contributed by atoms with Gasteiger partial charge in [-0.25, -0.2) is 0 Å². The molecule has 1 N–H and O–H groups in total. The van der Waals surface area contributed by atoms with Crippen LogP contribution in [0.25, 0.3) is 0 Å². The molecule has 5 heteroatoms. The summed E-state index contributed by atoms with van der Waals surface area (Å²) in [5.41, 5.74) is -0.0255. The van der Waals surface area contributed by atoms with Crippen LogP contribution < -0.4 is 5.32 Å². The van der Waals surface area contributed by atoms with E-state index >= 15 is 0 Å². The molecule has 0 bridgehead atoms. The number of nitrogens with one attached hydrogen (secondary N) is 1. The van der Waals surface area contributed by atoms with Crippen molar-refractivity contribution in [1.82, 2.24) is 5.32 Å². The number of aryl methyl sites for hydroxylation is 1. The summed E-state index contributed by atoms with van der Waals surface area (Å²) in [6, 6.07) is 5.20. The highest BCUT2D eigenvalue weighted by molar-refractivity contribution is 5.46. The lowest BCUT2D eigenvalue weighted by Crippen LogP contribution is -2.12. The maximum atomic E-state index is 12.3. The topological polar surface area (TPSA) is 29.1 Å². The second-order valence-electron chi connectivity index (χ2n) is 3.33. The Morgan fingerprint density at radius 3 is 2.69 bits per heavy atom. The van der Waals surface area contributed by atoms with E-state index in [4.69, 9.17) is 0 Å². The number of halogens is 3. The number of alkyl halides is 3. The predicted octanol–water partition coefficient (Wildman–Crippen LogP) is 2.29. The van der Waals surface area contributed by atoms with Gasteiger partial charge in [0, 0.05) is 6.54 Å². The SMILES string of the molecule is O=[C]NCCCc1cccc(C(F)(F)F)c1. The van der Waals surface area contributed by atoms with Gasteiger partial charge < -0.3 is 5.32 Å². The first-order valence-electron chi connectivity index (χ1n) is 4.80. The molecule has 0 aliphatic carbocycles. The molecule has 0 aliphatic heterocycles. The third-order valence-corrected chi connectivity index (χ3v) is 2.09. The minimum absolute atomic E-state index is 0.416. The summed E-state index contributed by atoms with van der Waals surface area (Å²) >= 11 is 0. The van der Waals surface area contributed by atoms with E-state index in [9.17, 15) is 18.0 Å². The number of amides is 1. The van der Waals surface area contributed by atoms with Gasteiger partial charge in [-0.05, 0) is 24.5 Å². The number of benzene rings is 1. The molecule has 0 heterocycles. The monoisotopic (exact) mass is 230 g/mol. The van der Waals surface area contributed by atoms with Crippen LogP contribution in [0.4, 0.5) is 13.2 Å². The van der Waals surface area contributed by atoms with Gasteiger partial charge in [-0.3, -0.25) is 4.79 Å².